The molecule has 0 aliphatic carbocycles. The number of benzene rings is 2. The van der Waals surface area contributed by atoms with Gasteiger partial charge in [-0.15, -0.1) is 0 Å². The molecule has 2 aromatic rings. The molecular formula is C20H26N2O. The number of aryl methyl sites for hydroxylation is 1. The summed E-state index contributed by atoms with van der Waals surface area (Å²) in [6.07, 6.45) is 0. The van der Waals surface area contributed by atoms with Crippen LogP contribution in [0.15, 0.2) is 54.6 Å². The van der Waals surface area contributed by atoms with Gasteiger partial charge in [0.25, 0.3) is 0 Å². The molecule has 2 N–H and O–H groups in total. The van der Waals surface area contributed by atoms with E-state index in [1.165, 1.54) is 5.56 Å². The van der Waals surface area contributed by atoms with Crippen molar-refractivity contribution in [2.75, 3.05) is 0 Å². The summed E-state index contributed by atoms with van der Waals surface area (Å²) in [6, 6.07) is 18.5. The number of hydrogen-bond acceptors (Lipinski definition) is 2. The molecule has 0 saturated heterocycles. The van der Waals surface area contributed by atoms with Gasteiger partial charge in [0.15, 0.2) is 0 Å². The fourth-order valence-corrected chi connectivity index (χ4v) is 2.52. The van der Waals surface area contributed by atoms with Gasteiger partial charge in [0.1, 0.15) is 0 Å². The van der Waals surface area contributed by atoms with Gasteiger partial charge in [-0.05, 0) is 38.8 Å². The Morgan fingerprint density at radius 1 is 0.870 bits per heavy atom. The van der Waals surface area contributed by atoms with Crippen molar-refractivity contribution < 1.29 is 4.79 Å². The molecule has 23 heavy (non-hydrogen) atoms. The summed E-state index contributed by atoms with van der Waals surface area (Å²) < 4.78 is 0. The maximum absolute atomic E-state index is 12.2. The normalized spacial score (nSPS) is 13.6. The van der Waals surface area contributed by atoms with Crippen molar-refractivity contribution >= 4 is 5.91 Å². The minimum atomic E-state index is -0.274. The Morgan fingerprint density at radius 3 is 2.00 bits per heavy atom. The molecule has 0 heterocycles. The summed E-state index contributed by atoms with van der Waals surface area (Å²) in [5.41, 5.74) is 3.54. The highest BCUT2D eigenvalue weighted by Gasteiger charge is 2.20. The third kappa shape index (κ3) is 4.93. The topological polar surface area (TPSA) is 41.1 Å². The quantitative estimate of drug-likeness (QED) is 0.856. The maximum atomic E-state index is 12.2. The Kier molecular flexibility index (Phi) is 5.94. The number of nitrogens with one attached hydrogen (secondary N) is 2. The minimum Gasteiger partial charge on any atom is -0.353 e. The van der Waals surface area contributed by atoms with Crippen LogP contribution in [0.1, 0.15) is 43.5 Å². The lowest BCUT2D eigenvalue weighted by atomic mass is 9.97. The smallest absolute Gasteiger partial charge is 0.237 e. The highest BCUT2D eigenvalue weighted by atomic mass is 16.2. The van der Waals surface area contributed by atoms with Crippen LogP contribution in [0.2, 0.25) is 0 Å². The van der Waals surface area contributed by atoms with E-state index in [9.17, 15) is 4.79 Å². The summed E-state index contributed by atoms with van der Waals surface area (Å²) in [5, 5.41) is 6.42. The standard InChI is InChI=1S/C20H26N2O/c1-14(2)21-20(23)16(4)22-19(17-8-6-5-7-9-17)18-12-10-15(3)11-13-18/h5-14,16,19,22H,1-4H3,(H,21,23)/t16-,19+/m1/s1. The van der Waals surface area contributed by atoms with Gasteiger partial charge in [0.05, 0.1) is 12.1 Å². The number of amides is 1. The molecule has 122 valence electrons. The van der Waals surface area contributed by atoms with Crippen LogP contribution >= 0.6 is 0 Å². The molecular weight excluding hydrogens is 284 g/mol. The molecule has 0 spiro atoms. The van der Waals surface area contributed by atoms with Crippen LogP contribution in [0.3, 0.4) is 0 Å². The zero-order valence-electron chi connectivity index (χ0n) is 14.3. The Hall–Kier alpha value is -2.13. The van der Waals surface area contributed by atoms with Gasteiger partial charge in [-0.1, -0.05) is 60.2 Å². The number of carbonyl (C=O) groups is 1. The average molecular weight is 310 g/mol. The highest BCUT2D eigenvalue weighted by molar-refractivity contribution is 5.81. The van der Waals surface area contributed by atoms with Crippen LogP contribution in [-0.4, -0.2) is 18.0 Å². The second-order valence-electron chi connectivity index (χ2n) is 6.31. The lowest BCUT2D eigenvalue weighted by molar-refractivity contribution is -0.123. The van der Waals surface area contributed by atoms with E-state index in [-0.39, 0.29) is 24.0 Å². The minimum absolute atomic E-state index is 0.00953. The van der Waals surface area contributed by atoms with E-state index in [1.807, 2.05) is 39.0 Å². The van der Waals surface area contributed by atoms with Crippen LogP contribution in [0, 0.1) is 6.92 Å². The van der Waals surface area contributed by atoms with Gasteiger partial charge in [-0.2, -0.15) is 0 Å². The van der Waals surface area contributed by atoms with Crippen molar-refractivity contribution in [1.82, 2.24) is 10.6 Å². The summed E-state index contributed by atoms with van der Waals surface area (Å²) in [6.45, 7) is 7.92. The molecule has 0 fully saturated rings. The molecule has 0 saturated carbocycles. The first-order chi connectivity index (χ1) is 11.0. The first-order valence-electron chi connectivity index (χ1n) is 8.15. The molecule has 0 bridgehead atoms. The van der Waals surface area contributed by atoms with E-state index in [4.69, 9.17) is 0 Å². The molecule has 3 heteroatoms. The fraction of sp³-hybridized carbons (Fsp3) is 0.350. The van der Waals surface area contributed by atoms with Crippen molar-refractivity contribution in [2.24, 2.45) is 0 Å². The lowest BCUT2D eigenvalue weighted by Crippen LogP contribution is -2.46. The number of hydrogen-bond donors (Lipinski definition) is 2. The zero-order valence-corrected chi connectivity index (χ0v) is 14.3. The summed E-state index contributed by atoms with van der Waals surface area (Å²) in [7, 11) is 0. The molecule has 2 aromatic carbocycles. The Labute approximate surface area is 139 Å². The first-order valence-corrected chi connectivity index (χ1v) is 8.15. The van der Waals surface area contributed by atoms with E-state index in [0.717, 1.165) is 11.1 Å². The number of rotatable bonds is 6. The van der Waals surface area contributed by atoms with E-state index in [1.54, 1.807) is 0 Å². The molecule has 0 aliphatic heterocycles. The van der Waals surface area contributed by atoms with Crippen molar-refractivity contribution in [1.29, 1.82) is 0 Å². The number of carbonyl (C=O) groups excluding carboxylic acids is 1. The second-order valence-corrected chi connectivity index (χ2v) is 6.31. The lowest BCUT2D eigenvalue weighted by Gasteiger charge is -2.24. The van der Waals surface area contributed by atoms with Crippen LogP contribution in [-0.2, 0) is 4.79 Å². The van der Waals surface area contributed by atoms with E-state index < -0.39 is 0 Å². The molecule has 2 rings (SSSR count). The summed E-state index contributed by atoms with van der Waals surface area (Å²) in [4.78, 5) is 12.2. The summed E-state index contributed by atoms with van der Waals surface area (Å²) >= 11 is 0. The molecule has 1 amide bonds. The Morgan fingerprint density at radius 2 is 1.43 bits per heavy atom. The van der Waals surface area contributed by atoms with Gasteiger partial charge >= 0.3 is 0 Å². The predicted octanol–water partition coefficient (Wildman–Crippen LogP) is 3.59. The van der Waals surface area contributed by atoms with Crippen molar-refractivity contribution in [3.63, 3.8) is 0 Å². The average Bonchev–Trinajstić information content (AvgIpc) is 2.53. The van der Waals surface area contributed by atoms with Gasteiger partial charge in [0.2, 0.25) is 5.91 Å². The molecule has 3 nitrogen and oxygen atoms in total. The van der Waals surface area contributed by atoms with Crippen LogP contribution in [0.4, 0.5) is 0 Å². The van der Waals surface area contributed by atoms with Gasteiger partial charge in [-0.25, -0.2) is 0 Å². The molecule has 0 aromatic heterocycles. The van der Waals surface area contributed by atoms with E-state index in [0.29, 0.717) is 0 Å². The molecule has 0 aliphatic rings. The van der Waals surface area contributed by atoms with Crippen molar-refractivity contribution in [2.45, 2.75) is 45.8 Å². The SMILES string of the molecule is Cc1ccc([C@@H](N[C@H](C)C(=O)NC(C)C)c2ccccc2)cc1. The van der Waals surface area contributed by atoms with Crippen molar-refractivity contribution in [3.05, 3.63) is 71.3 Å². The second kappa shape index (κ2) is 7.93. The largest absolute Gasteiger partial charge is 0.353 e. The predicted molar refractivity (Wildman–Crippen MR) is 95.3 cm³/mol. The van der Waals surface area contributed by atoms with Crippen molar-refractivity contribution in [3.8, 4) is 0 Å². The molecule has 0 unspecified atom stereocenters. The third-order valence-electron chi connectivity index (χ3n) is 3.78. The van der Waals surface area contributed by atoms with Gasteiger partial charge in [-0.3, -0.25) is 10.1 Å². The molecule has 0 radical (unpaired) electrons. The fourth-order valence-electron chi connectivity index (χ4n) is 2.52. The third-order valence-corrected chi connectivity index (χ3v) is 3.78. The zero-order chi connectivity index (χ0) is 16.8. The van der Waals surface area contributed by atoms with Gasteiger partial charge in [0, 0.05) is 6.04 Å². The van der Waals surface area contributed by atoms with Crippen LogP contribution in [0.25, 0.3) is 0 Å². The first kappa shape index (κ1) is 17.2. The van der Waals surface area contributed by atoms with Crippen LogP contribution in [0.5, 0.6) is 0 Å². The van der Waals surface area contributed by atoms with Crippen LogP contribution < -0.4 is 10.6 Å². The highest BCUT2D eigenvalue weighted by Crippen LogP contribution is 2.23. The van der Waals surface area contributed by atoms with E-state index >= 15 is 0 Å². The maximum Gasteiger partial charge on any atom is 0.237 e. The summed E-state index contributed by atoms with van der Waals surface area (Å²) in [5.74, 6) is 0.0213. The van der Waals surface area contributed by atoms with Gasteiger partial charge < -0.3 is 5.32 Å². The van der Waals surface area contributed by atoms with E-state index in [2.05, 4.69) is 54.0 Å². The monoisotopic (exact) mass is 310 g/mol. The molecule has 2 atom stereocenters. The Bertz CT molecular complexity index is 620. The Balaban J connectivity index is 2.24.